The molecule has 0 bridgehead atoms. The van der Waals surface area contributed by atoms with E-state index in [1.807, 2.05) is 6.92 Å². The predicted molar refractivity (Wildman–Crippen MR) is 71.6 cm³/mol. The SMILES string of the molecule is CC(N)=NCC(C)SC[C@](C)(N)C(=O)O.Cl. The lowest BCUT2D eigenvalue weighted by Crippen LogP contribution is -2.47. The molecule has 7 heteroatoms. The molecular formula is C9H20ClN3O2S. The molecule has 96 valence electrons. The quantitative estimate of drug-likeness (QED) is 0.487. The Balaban J connectivity index is 0. The molecular weight excluding hydrogens is 250 g/mol. The van der Waals surface area contributed by atoms with Crippen molar-refractivity contribution >= 4 is 36.0 Å². The summed E-state index contributed by atoms with van der Waals surface area (Å²) in [6.07, 6.45) is 0. The highest BCUT2D eigenvalue weighted by Crippen LogP contribution is 2.16. The summed E-state index contributed by atoms with van der Waals surface area (Å²) in [5.41, 5.74) is 9.80. The van der Waals surface area contributed by atoms with E-state index in [2.05, 4.69) is 4.99 Å². The normalized spacial score (nSPS) is 17.1. The van der Waals surface area contributed by atoms with Gasteiger partial charge >= 0.3 is 5.97 Å². The third-order valence-electron chi connectivity index (χ3n) is 1.75. The number of hydrogen-bond donors (Lipinski definition) is 3. The van der Waals surface area contributed by atoms with Gasteiger partial charge in [-0.2, -0.15) is 11.8 Å². The molecule has 1 unspecified atom stereocenters. The first-order valence-corrected chi connectivity index (χ1v) is 5.71. The Kier molecular flexibility index (Phi) is 8.69. The van der Waals surface area contributed by atoms with E-state index in [1.165, 1.54) is 18.7 Å². The van der Waals surface area contributed by atoms with Crippen molar-refractivity contribution in [3.05, 3.63) is 0 Å². The largest absolute Gasteiger partial charge is 0.480 e. The summed E-state index contributed by atoms with van der Waals surface area (Å²) in [5, 5.41) is 9.00. The maximum atomic E-state index is 10.7. The van der Waals surface area contributed by atoms with Crippen LogP contribution in [0.2, 0.25) is 0 Å². The summed E-state index contributed by atoms with van der Waals surface area (Å²) < 4.78 is 0. The van der Waals surface area contributed by atoms with Crippen molar-refractivity contribution < 1.29 is 9.90 Å². The van der Waals surface area contributed by atoms with Crippen molar-refractivity contribution in [2.75, 3.05) is 12.3 Å². The van der Waals surface area contributed by atoms with Gasteiger partial charge in [0.1, 0.15) is 5.54 Å². The van der Waals surface area contributed by atoms with Crippen LogP contribution in [0.15, 0.2) is 4.99 Å². The monoisotopic (exact) mass is 269 g/mol. The third kappa shape index (κ3) is 7.78. The van der Waals surface area contributed by atoms with Crippen molar-refractivity contribution in [2.45, 2.75) is 31.6 Å². The van der Waals surface area contributed by atoms with Crippen LogP contribution in [0.5, 0.6) is 0 Å². The molecule has 0 aromatic carbocycles. The number of nitrogens with zero attached hydrogens (tertiary/aromatic N) is 1. The zero-order valence-corrected chi connectivity index (χ0v) is 11.4. The lowest BCUT2D eigenvalue weighted by atomic mass is 10.1. The van der Waals surface area contributed by atoms with Crippen LogP contribution < -0.4 is 11.5 Å². The number of carboxylic acids is 1. The molecule has 5 nitrogen and oxygen atoms in total. The highest BCUT2D eigenvalue weighted by molar-refractivity contribution is 8.00. The van der Waals surface area contributed by atoms with Crippen molar-refractivity contribution in [1.82, 2.24) is 0 Å². The van der Waals surface area contributed by atoms with Crippen LogP contribution in [0.4, 0.5) is 0 Å². The summed E-state index contributed by atoms with van der Waals surface area (Å²) in [7, 11) is 0. The first kappa shape index (κ1) is 17.9. The highest BCUT2D eigenvalue weighted by atomic mass is 35.5. The topological polar surface area (TPSA) is 102 Å². The van der Waals surface area contributed by atoms with Crippen LogP contribution in [0.1, 0.15) is 20.8 Å². The molecule has 0 spiro atoms. The fraction of sp³-hybridized carbons (Fsp3) is 0.778. The lowest BCUT2D eigenvalue weighted by Gasteiger charge is -2.20. The van der Waals surface area contributed by atoms with Crippen molar-refractivity contribution in [3.8, 4) is 0 Å². The third-order valence-corrected chi connectivity index (χ3v) is 3.24. The Morgan fingerprint density at radius 1 is 1.62 bits per heavy atom. The van der Waals surface area contributed by atoms with Crippen LogP contribution in [-0.4, -0.2) is 40.0 Å². The first-order chi connectivity index (χ1) is 6.75. The molecule has 5 N–H and O–H groups in total. The number of carbonyl (C=O) groups is 1. The summed E-state index contributed by atoms with van der Waals surface area (Å²) in [6, 6.07) is 0. The minimum Gasteiger partial charge on any atom is -0.480 e. The van der Waals surface area contributed by atoms with Gasteiger partial charge in [0.2, 0.25) is 0 Å². The zero-order chi connectivity index (χ0) is 12.1. The molecule has 16 heavy (non-hydrogen) atoms. The van der Waals surface area contributed by atoms with E-state index in [1.54, 1.807) is 6.92 Å². The average molecular weight is 270 g/mol. The molecule has 0 heterocycles. The van der Waals surface area contributed by atoms with Gasteiger partial charge in [0, 0.05) is 11.0 Å². The molecule has 0 aliphatic carbocycles. The van der Waals surface area contributed by atoms with E-state index in [0.717, 1.165) is 0 Å². The van der Waals surface area contributed by atoms with Crippen LogP contribution in [-0.2, 0) is 4.79 Å². The van der Waals surface area contributed by atoms with Crippen molar-refractivity contribution in [1.29, 1.82) is 0 Å². The molecule has 2 atom stereocenters. The molecule has 0 radical (unpaired) electrons. The van der Waals surface area contributed by atoms with Crippen LogP contribution in [0, 0.1) is 0 Å². The molecule has 0 aliphatic heterocycles. The number of halogens is 1. The predicted octanol–water partition coefficient (Wildman–Crippen LogP) is 0.709. The maximum absolute atomic E-state index is 10.7. The van der Waals surface area contributed by atoms with Gasteiger partial charge in [-0.3, -0.25) is 9.79 Å². The summed E-state index contributed by atoms with van der Waals surface area (Å²) in [4.78, 5) is 14.8. The van der Waals surface area contributed by atoms with Gasteiger partial charge in [0.05, 0.1) is 12.4 Å². The van der Waals surface area contributed by atoms with E-state index in [0.29, 0.717) is 18.1 Å². The lowest BCUT2D eigenvalue weighted by molar-refractivity contribution is -0.141. The molecule has 0 amide bonds. The fourth-order valence-corrected chi connectivity index (χ4v) is 1.64. The number of thioether (sulfide) groups is 1. The number of carboxylic acid groups (broad SMARTS) is 1. The Hall–Kier alpha value is -0.460. The van der Waals surface area contributed by atoms with Crippen LogP contribution in [0.25, 0.3) is 0 Å². The second kappa shape index (κ2) is 7.76. The highest BCUT2D eigenvalue weighted by Gasteiger charge is 2.28. The van der Waals surface area contributed by atoms with Gasteiger partial charge < -0.3 is 16.6 Å². The van der Waals surface area contributed by atoms with Gasteiger partial charge in [0.25, 0.3) is 0 Å². The van der Waals surface area contributed by atoms with E-state index >= 15 is 0 Å². The minimum absolute atomic E-state index is 0. The summed E-state index contributed by atoms with van der Waals surface area (Å²) >= 11 is 1.49. The van der Waals surface area contributed by atoms with E-state index in [4.69, 9.17) is 16.6 Å². The number of aliphatic imine (C=N–C) groups is 1. The molecule has 0 rings (SSSR count). The molecule has 0 saturated heterocycles. The number of rotatable bonds is 6. The zero-order valence-electron chi connectivity index (χ0n) is 9.77. The minimum atomic E-state index is -1.18. The number of hydrogen-bond acceptors (Lipinski definition) is 4. The van der Waals surface area contributed by atoms with Gasteiger partial charge in [-0.05, 0) is 13.8 Å². The fourth-order valence-electron chi connectivity index (χ4n) is 0.702. The Morgan fingerprint density at radius 2 is 2.12 bits per heavy atom. The Bertz CT molecular complexity index is 255. The molecule has 0 aromatic rings. The second-order valence-electron chi connectivity index (χ2n) is 3.83. The maximum Gasteiger partial charge on any atom is 0.324 e. The van der Waals surface area contributed by atoms with Crippen molar-refractivity contribution in [2.24, 2.45) is 16.5 Å². The Labute approximate surface area is 106 Å². The summed E-state index contributed by atoms with van der Waals surface area (Å²) in [5.74, 6) is -0.0836. The standard InChI is InChI=1S/C9H19N3O2S.ClH/c1-6(4-12-7(2)10)15-5-9(3,11)8(13)14;/h6H,4-5,11H2,1-3H3,(H2,10,12)(H,13,14);1H/t6?,9-;/m0./s1. The molecule has 0 fully saturated rings. The Morgan fingerprint density at radius 3 is 2.50 bits per heavy atom. The number of nitrogens with two attached hydrogens (primary N) is 2. The van der Waals surface area contributed by atoms with E-state index in [-0.39, 0.29) is 17.7 Å². The first-order valence-electron chi connectivity index (χ1n) is 4.66. The van der Waals surface area contributed by atoms with Crippen LogP contribution in [0.3, 0.4) is 0 Å². The van der Waals surface area contributed by atoms with Gasteiger partial charge in [-0.25, -0.2) is 0 Å². The van der Waals surface area contributed by atoms with E-state index < -0.39 is 11.5 Å². The van der Waals surface area contributed by atoms with Gasteiger partial charge in [-0.15, -0.1) is 12.4 Å². The molecule has 0 aromatic heterocycles. The van der Waals surface area contributed by atoms with Crippen LogP contribution >= 0.6 is 24.2 Å². The average Bonchev–Trinajstić information content (AvgIpc) is 2.11. The second-order valence-corrected chi connectivity index (χ2v) is 5.25. The summed E-state index contributed by atoms with van der Waals surface area (Å²) in [6.45, 7) is 5.78. The van der Waals surface area contributed by atoms with Gasteiger partial charge in [0.15, 0.2) is 0 Å². The van der Waals surface area contributed by atoms with Gasteiger partial charge in [-0.1, -0.05) is 6.92 Å². The number of amidine groups is 1. The smallest absolute Gasteiger partial charge is 0.324 e. The number of aliphatic carboxylic acids is 1. The van der Waals surface area contributed by atoms with E-state index in [9.17, 15) is 4.79 Å². The molecule has 0 aliphatic rings. The van der Waals surface area contributed by atoms with Crippen molar-refractivity contribution in [3.63, 3.8) is 0 Å². The molecule has 0 saturated carbocycles.